The van der Waals surface area contributed by atoms with Crippen LogP contribution < -0.4 is 10.1 Å². The summed E-state index contributed by atoms with van der Waals surface area (Å²) >= 11 is 0. The summed E-state index contributed by atoms with van der Waals surface area (Å²) in [4.78, 5) is 10.6. The van der Waals surface area contributed by atoms with E-state index in [1.807, 2.05) is 43.3 Å². The number of benzene rings is 1. The maximum atomic E-state index is 10.6. The van der Waals surface area contributed by atoms with Gasteiger partial charge in [-0.3, -0.25) is 4.79 Å². The van der Waals surface area contributed by atoms with Crippen LogP contribution in [0.5, 0.6) is 5.75 Å². The molecule has 1 aromatic rings. The minimum absolute atomic E-state index is 0.0173. The van der Waals surface area contributed by atoms with E-state index in [0.717, 1.165) is 11.3 Å². The highest BCUT2D eigenvalue weighted by Crippen LogP contribution is 2.12. The molecular weight excluding hydrogens is 202 g/mol. The van der Waals surface area contributed by atoms with E-state index in [0.29, 0.717) is 13.2 Å². The molecule has 0 saturated heterocycles. The van der Waals surface area contributed by atoms with Crippen molar-refractivity contribution < 1.29 is 9.53 Å². The molecule has 0 unspecified atom stereocenters. The summed E-state index contributed by atoms with van der Waals surface area (Å²) in [6.07, 6.45) is 3.88. The number of hydrogen-bond acceptors (Lipinski definition) is 2. The highest BCUT2D eigenvalue weighted by molar-refractivity contribution is 5.73. The van der Waals surface area contributed by atoms with Crippen LogP contribution in [0.15, 0.2) is 30.3 Å². The highest BCUT2D eigenvalue weighted by Gasteiger charge is 1.91. The standard InChI is InChI=1S/C13H17NO2/c1-3-16-13-8-6-12(7-9-13)5-4-10-14-11(2)15/h4-9H,3,10H2,1-2H3,(H,14,15). The fourth-order valence-corrected chi connectivity index (χ4v) is 1.24. The molecule has 3 nitrogen and oxygen atoms in total. The Hall–Kier alpha value is -1.77. The first-order chi connectivity index (χ1) is 7.72. The second kappa shape index (κ2) is 6.67. The van der Waals surface area contributed by atoms with Crippen LogP contribution in [0.4, 0.5) is 0 Å². The van der Waals surface area contributed by atoms with Crippen LogP contribution in [0.25, 0.3) is 6.08 Å². The van der Waals surface area contributed by atoms with Gasteiger partial charge >= 0.3 is 0 Å². The molecular formula is C13H17NO2. The molecule has 0 bridgehead atoms. The van der Waals surface area contributed by atoms with Crippen LogP contribution in [-0.4, -0.2) is 19.1 Å². The number of rotatable bonds is 5. The average molecular weight is 219 g/mol. The number of ether oxygens (including phenoxy) is 1. The number of carbonyl (C=O) groups is 1. The molecule has 1 rings (SSSR count). The maximum Gasteiger partial charge on any atom is 0.217 e. The van der Waals surface area contributed by atoms with Crippen LogP contribution >= 0.6 is 0 Å². The molecule has 0 heterocycles. The van der Waals surface area contributed by atoms with Crippen LogP contribution in [0.1, 0.15) is 19.4 Å². The summed E-state index contributed by atoms with van der Waals surface area (Å²) < 4.78 is 5.34. The molecule has 1 aromatic carbocycles. The quantitative estimate of drug-likeness (QED) is 0.824. The molecule has 0 fully saturated rings. The second-order valence-corrected chi connectivity index (χ2v) is 3.34. The van der Waals surface area contributed by atoms with Crippen molar-refractivity contribution in [1.29, 1.82) is 0 Å². The van der Waals surface area contributed by atoms with Gasteiger partial charge in [0.25, 0.3) is 0 Å². The number of nitrogens with one attached hydrogen (secondary N) is 1. The Morgan fingerprint density at radius 2 is 2.06 bits per heavy atom. The van der Waals surface area contributed by atoms with E-state index in [-0.39, 0.29) is 5.91 Å². The summed E-state index contributed by atoms with van der Waals surface area (Å²) in [5.41, 5.74) is 1.09. The van der Waals surface area contributed by atoms with Gasteiger partial charge in [0.1, 0.15) is 5.75 Å². The van der Waals surface area contributed by atoms with E-state index in [9.17, 15) is 4.79 Å². The van der Waals surface area contributed by atoms with Crippen LogP contribution in [-0.2, 0) is 4.79 Å². The number of hydrogen-bond donors (Lipinski definition) is 1. The molecule has 86 valence electrons. The van der Waals surface area contributed by atoms with E-state index >= 15 is 0 Å². The molecule has 0 saturated carbocycles. The molecule has 1 amide bonds. The van der Waals surface area contributed by atoms with Crippen molar-refractivity contribution in [2.75, 3.05) is 13.2 Å². The zero-order chi connectivity index (χ0) is 11.8. The predicted molar refractivity (Wildman–Crippen MR) is 65.3 cm³/mol. The molecule has 0 aromatic heterocycles. The number of amides is 1. The van der Waals surface area contributed by atoms with Gasteiger partial charge in [-0.25, -0.2) is 0 Å². The normalized spacial score (nSPS) is 10.4. The fourth-order valence-electron chi connectivity index (χ4n) is 1.24. The summed E-state index contributed by atoms with van der Waals surface area (Å²) in [6, 6.07) is 7.83. The van der Waals surface area contributed by atoms with Gasteiger partial charge < -0.3 is 10.1 Å². The molecule has 0 spiro atoms. The monoisotopic (exact) mass is 219 g/mol. The van der Waals surface area contributed by atoms with Crippen molar-refractivity contribution in [2.24, 2.45) is 0 Å². The van der Waals surface area contributed by atoms with E-state index < -0.39 is 0 Å². The first kappa shape index (κ1) is 12.3. The minimum atomic E-state index is -0.0173. The van der Waals surface area contributed by atoms with Crippen molar-refractivity contribution in [3.8, 4) is 5.75 Å². The Balaban J connectivity index is 2.45. The van der Waals surface area contributed by atoms with Gasteiger partial charge in [-0.1, -0.05) is 24.3 Å². The van der Waals surface area contributed by atoms with Gasteiger partial charge in [-0.15, -0.1) is 0 Å². The van der Waals surface area contributed by atoms with Gasteiger partial charge in [-0.05, 0) is 24.6 Å². The van der Waals surface area contributed by atoms with E-state index in [1.165, 1.54) is 6.92 Å². The minimum Gasteiger partial charge on any atom is -0.494 e. The largest absolute Gasteiger partial charge is 0.494 e. The highest BCUT2D eigenvalue weighted by atomic mass is 16.5. The van der Waals surface area contributed by atoms with Crippen molar-refractivity contribution in [1.82, 2.24) is 5.32 Å². The fraction of sp³-hybridized carbons (Fsp3) is 0.308. The second-order valence-electron chi connectivity index (χ2n) is 3.34. The molecule has 1 N–H and O–H groups in total. The first-order valence-electron chi connectivity index (χ1n) is 5.36. The van der Waals surface area contributed by atoms with Crippen LogP contribution in [0.3, 0.4) is 0 Å². The molecule has 0 aliphatic rings. The lowest BCUT2D eigenvalue weighted by Crippen LogP contribution is -2.19. The Kier molecular flexibility index (Phi) is 5.12. The molecule has 0 atom stereocenters. The van der Waals surface area contributed by atoms with Gasteiger partial charge in [0, 0.05) is 13.5 Å². The lowest BCUT2D eigenvalue weighted by Gasteiger charge is -2.02. The SMILES string of the molecule is CCOc1ccc(C=CCNC(C)=O)cc1. The Bertz CT molecular complexity index is 355. The van der Waals surface area contributed by atoms with Crippen molar-refractivity contribution >= 4 is 12.0 Å². The van der Waals surface area contributed by atoms with Crippen molar-refractivity contribution in [3.63, 3.8) is 0 Å². The Morgan fingerprint density at radius 1 is 1.38 bits per heavy atom. The average Bonchev–Trinajstić information content (AvgIpc) is 2.27. The third-order valence-electron chi connectivity index (χ3n) is 1.97. The number of carbonyl (C=O) groups excluding carboxylic acids is 1. The van der Waals surface area contributed by atoms with Gasteiger partial charge in [0.2, 0.25) is 5.91 Å². The van der Waals surface area contributed by atoms with Gasteiger partial charge in [0.15, 0.2) is 0 Å². The summed E-state index contributed by atoms with van der Waals surface area (Å²) in [5.74, 6) is 0.859. The predicted octanol–water partition coefficient (Wildman–Crippen LogP) is 2.23. The van der Waals surface area contributed by atoms with Crippen LogP contribution in [0.2, 0.25) is 0 Å². The third-order valence-corrected chi connectivity index (χ3v) is 1.97. The van der Waals surface area contributed by atoms with Crippen molar-refractivity contribution in [2.45, 2.75) is 13.8 Å². The summed E-state index contributed by atoms with van der Waals surface area (Å²) in [5, 5.41) is 2.70. The van der Waals surface area contributed by atoms with E-state index in [4.69, 9.17) is 4.74 Å². The lowest BCUT2D eigenvalue weighted by molar-refractivity contribution is -0.118. The molecule has 0 aliphatic carbocycles. The zero-order valence-corrected chi connectivity index (χ0v) is 9.69. The Morgan fingerprint density at radius 3 is 2.62 bits per heavy atom. The molecule has 3 heteroatoms. The summed E-state index contributed by atoms with van der Waals surface area (Å²) in [7, 11) is 0. The van der Waals surface area contributed by atoms with Crippen LogP contribution in [0, 0.1) is 0 Å². The first-order valence-corrected chi connectivity index (χ1v) is 5.36. The molecule has 16 heavy (non-hydrogen) atoms. The van der Waals surface area contributed by atoms with E-state index in [1.54, 1.807) is 0 Å². The topological polar surface area (TPSA) is 38.3 Å². The Labute approximate surface area is 96.1 Å². The summed E-state index contributed by atoms with van der Waals surface area (Å²) in [6.45, 7) is 4.70. The van der Waals surface area contributed by atoms with E-state index in [2.05, 4.69) is 5.32 Å². The zero-order valence-electron chi connectivity index (χ0n) is 9.69. The van der Waals surface area contributed by atoms with Gasteiger partial charge in [0.05, 0.1) is 6.61 Å². The molecule has 0 radical (unpaired) electrons. The van der Waals surface area contributed by atoms with Crippen molar-refractivity contribution in [3.05, 3.63) is 35.9 Å². The smallest absolute Gasteiger partial charge is 0.217 e. The maximum absolute atomic E-state index is 10.6. The van der Waals surface area contributed by atoms with Gasteiger partial charge in [-0.2, -0.15) is 0 Å². The lowest BCUT2D eigenvalue weighted by atomic mass is 10.2. The third kappa shape index (κ3) is 4.64. The molecule has 0 aliphatic heterocycles.